The van der Waals surface area contributed by atoms with Gasteiger partial charge in [0.1, 0.15) is 54.9 Å². The van der Waals surface area contributed by atoms with Gasteiger partial charge < -0.3 is 82.7 Å². The van der Waals surface area contributed by atoms with E-state index in [4.69, 9.17) is 52.1 Å². The Hall–Kier alpha value is -2.15. The molecule has 0 bridgehead atoms. The minimum atomic E-state index is -1.74. The maximum atomic E-state index is 13.7. The van der Waals surface area contributed by atoms with E-state index in [9.17, 15) is 45.0 Å². The van der Waals surface area contributed by atoms with Crippen LogP contribution in [-0.2, 0) is 66.5 Å². The molecule has 0 radical (unpaired) electrons. The summed E-state index contributed by atoms with van der Waals surface area (Å²) in [5.41, 5.74) is 0. The smallest absolute Gasteiger partial charge is 0.306 e. The first-order valence-electron chi connectivity index (χ1n) is 32.4. The lowest BCUT2D eigenvalue weighted by Crippen LogP contribution is -2.67. The molecule has 0 amide bonds. The highest BCUT2D eigenvalue weighted by molar-refractivity contribution is 5.70. The van der Waals surface area contributed by atoms with Gasteiger partial charge in [0.15, 0.2) is 43.5 Å². The van der Waals surface area contributed by atoms with Gasteiger partial charge in [0.05, 0.1) is 30.5 Å². The number of ether oxygens (including phenoxy) is 11. The van der Waals surface area contributed by atoms with Gasteiger partial charge in [0, 0.05) is 19.3 Å². The van der Waals surface area contributed by atoms with Gasteiger partial charge in [-0.25, -0.2) is 0 Å². The lowest BCUT2D eigenvalue weighted by atomic mass is 9.96. The van der Waals surface area contributed by atoms with Gasteiger partial charge in [-0.3, -0.25) is 14.4 Å². The molecule has 21 atom stereocenters. The molecule has 20 heteroatoms. The molecule has 5 aliphatic rings. The van der Waals surface area contributed by atoms with Gasteiger partial charge in [0.2, 0.25) is 0 Å². The zero-order valence-corrected chi connectivity index (χ0v) is 50.9. The van der Waals surface area contributed by atoms with Crippen molar-refractivity contribution >= 4 is 17.9 Å². The average molecular weight is 1180 g/mol. The van der Waals surface area contributed by atoms with Crippen LogP contribution in [0.25, 0.3) is 0 Å². The van der Waals surface area contributed by atoms with E-state index in [1.165, 1.54) is 32.1 Å². The Kier molecular flexibility index (Phi) is 32.9. The number of fused-ring (bicyclic) bond motifs is 2. The van der Waals surface area contributed by atoms with Gasteiger partial charge in [-0.05, 0) is 59.8 Å². The first-order valence-corrected chi connectivity index (χ1v) is 32.4. The third kappa shape index (κ3) is 22.5. The zero-order chi connectivity index (χ0) is 59.6. The molecule has 5 fully saturated rings. The van der Waals surface area contributed by atoms with Gasteiger partial charge >= 0.3 is 17.9 Å². The summed E-state index contributed by atoms with van der Waals surface area (Å²) in [5.74, 6) is -1.83. The summed E-state index contributed by atoms with van der Waals surface area (Å²) >= 11 is 0. The maximum absolute atomic E-state index is 13.7. The Labute approximate surface area is 489 Å². The SMILES string of the molecule is CCCCCCCCCCCC(=O)OC1C(C)OC(OC2C(C)OC(OC3C(C)OC4OC5C(OC(CCCCC)CCCCCCCCCC(=O)OC4C3O)OC(C)C(O)C5O)C(OC(=O)CCCCCCCCC)C2O)C(O)C1O. The molecule has 5 aliphatic heterocycles. The summed E-state index contributed by atoms with van der Waals surface area (Å²) in [7, 11) is 0. The maximum Gasteiger partial charge on any atom is 0.306 e. The Morgan fingerprint density at radius 3 is 1.50 bits per heavy atom. The van der Waals surface area contributed by atoms with E-state index in [-0.39, 0.29) is 25.4 Å². The number of carbonyl (C=O) groups excluding carboxylic acids is 3. The molecule has 0 aromatic carbocycles. The van der Waals surface area contributed by atoms with Crippen molar-refractivity contribution in [3.05, 3.63) is 0 Å². The molecule has 5 rings (SSSR count). The van der Waals surface area contributed by atoms with E-state index in [1.807, 2.05) is 0 Å². The number of aliphatic hydroxyl groups is 6. The van der Waals surface area contributed by atoms with Crippen LogP contribution in [-0.4, -0.2) is 177 Å². The lowest BCUT2D eigenvalue weighted by molar-refractivity contribution is -0.387. The molecule has 21 unspecified atom stereocenters. The monoisotopic (exact) mass is 1170 g/mol. The van der Waals surface area contributed by atoms with Crippen molar-refractivity contribution in [1.29, 1.82) is 0 Å². The number of hydrogen-bond donors (Lipinski definition) is 6. The van der Waals surface area contributed by atoms with Crippen LogP contribution >= 0.6 is 0 Å². The van der Waals surface area contributed by atoms with Gasteiger partial charge in [-0.1, -0.05) is 168 Å². The van der Waals surface area contributed by atoms with Crippen LogP contribution in [0.2, 0.25) is 0 Å². The number of esters is 3. The second-order valence-corrected chi connectivity index (χ2v) is 24.2. The molecule has 0 aromatic heterocycles. The predicted molar refractivity (Wildman–Crippen MR) is 303 cm³/mol. The van der Waals surface area contributed by atoms with E-state index in [2.05, 4.69) is 20.8 Å². The molecule has 5 heterocycles. The minimum absolute atomic E-state index is 0.00913. The quantitative estimate of drug-likeness (QED) is 0.0243. The Balaban J connectivity index is 1.33. The molecule has 0 spiro atoms. The van der Waals surface area contributed by atoms with Crippen molar-refractivity contribution in [1.82, 2.24) is 0 Å². The second-order valence-electron chi connectivity index (χ2n) is 24.2. The fourth-order valence-corrected chi connectivity index (χ4v) is 11.9. The highest BCUT2D eigenvalue weighted by Gasteiger charge is 2.56. The summed E-state index contributed by atoms with van der Waals surface area (Å²) < 4.78 is 68.6. The zero-order valence-electron chi connectivity index (χ0n) is 50.9. The minimum Gasteiger partial charge on any atom is -0.457 e. The third-order valence-electron chi connectivity index (χ3n) is 17.1. The number of hydrogen-bond acceptors (Lipinski definition) is 20. The van der Waals surface area contributed by atoms with Gasteiger partial charge in [-0.15, -0.1) is 0 Å². The Morgan fingerprint density at radius 1 is 0.427 bits per heavy atom. The number of rotatable bonds is 28. The Morgan fingerprint density at radius 2 is 0.890 bits per heavy atom. The van der Waals surface area contributed by atoms with Crippen molar-refractivity contribution in [2.75, 3.05) is 0 Å². The van der Waals surface area contributed by atoms with Crippen LogP contribution in [0, 0.1) is 0 Å². The van der Waals surface area contributed by atoms with E-state index >= 15 is 0 Å². The molecule has 0 aliphatic carbocycles. The average Bonchev–Trinajstić information content (AvgIpc) is 3.64. The van der Waals surface area contributed by atoms with Crippen molar-refractivity contribution in [2.24, 2.45) is 0 Å². The first-order chi connectivity index (χ1) is 39.5. The summed E-state index contributed by atoms with van der Waals surface area (Å²) in [6, 6.07) is 0. The predicted octanol–water partition coefficient (Wildman–Crippen LogP) is 8.57. The van der Waals surface area contributed by atoms with Crippen LogP contribution in [0.1, 0.15) is 248 Å². The van der Waals surface area contributed by atoms with Gasteiger partial charge in [0.25, 0.3) is 0 Å². The van der Waals surface area contributed by atoms with Crippen LogP contribution in [0.15, 0.2) is 0 Å². The second kappa shape index (κ2) is 38.2. The van der Waals surface area contributed by atoms with E-state index in [0.717, 1.165) is 128 Å². The Bertz CT molecular complexity index is 1760. The summed E-state index contributed by atoms with van der Waals surface area (Å²) in [6.45, 7) is 12.8. The summed E-state index contributed by atoms with van der Waals surface area (Å²) in [5, 5.41) is 70.2. The first kappa shape index (κ1) is 70.6. The number of aliphatic hydroxyl groups excluding tert-OH is 6. The van der Waals surface area contributed by atoms with E-state index in [0.29, 0.717) is 19.3 Å². The fourth-order valence-electron chi connectivity index (χ4n) is 11.9. The lowest BCUT2D eigenvalue weighted by Gasteiger charge is -2.49. The van der Waals surface area contributed by atoms with Crippen LogP contribution in [0.5, 0.6) is 0 Å². The normalized spacial score (nSPS) is 37.4. The standard InChI is InChI=1S/C62H110O20/c1-8-11-14-16-18-19-23-27-31-36-44(63)77-53-40(5)73-59(50(69)49(53)68)80-54-41(6)74-61(57(51(54)70)78-45(64)37-32-26-21-17-15-12-9-2)81-55-42(7)75-62-58(52(55)71)79-46(65)38-33-28-24-20-22-25-30-35-43(34-29-13-10-3)76-60-56(82-62)48(67)47(66)39(4)72-60/h39-43,47-62,66-71H,8-38H2,1-7H3. The highest BCUT2D eigenvalue weighted by atomic mass is 16.8. The van der Waals surface area contributed by atoms with Crippen LogP contribution in [0.3, 0.4) is 0 Å². The van der Waals surface area contributed by atoms with E-state index in [1.54, 1.807) is 27.7 Å². The van der Waals surface area contributed by atoms with Crippen molar-refractivity contribution < 1.29 is 97.1 Å². The van der Waals surface area contributed by atoms with E-state index < -0.39 is 141 Å². The fraction of sp³-hybridized carbons (Fsp3) is 0.952. The largest absolute Gasteiger partial charge is 0.457 e. The molecule has 478 valence electrons. The number of unbranched alkanes of at least 4 members (excludes halogenated alkanes) is 16. The van der Waals surface area contributed by atoms with Crippen molar-refractivity contribution in [3.8, 4) is 0 Å². The van der Waals surface area contributed by atoms with Gasteiger partial charge in [-0.2, -0.15) is 0 Å². The molecule has 82 heavy (non-hydrogen) atoms. The molecule has 0 aromatic rings. The van der Waals surface area contributed by atoms with Crippen molar-refractivity contribution in [2.45, 2.75) is 376 Å². The molecular weight excluding hydrogens is 1060 g/mol. The highest BCUT2D eigenvalue weighted by Crippen LogP contribution is 2.37. The molecular formula is C62H110O20. The van der Waals surface area contributed by atoms with Crippen LogP contribution in [0.4, 0.5) is 0 Å². The molecule has 6 N–H and O–H groups in total. The summed E-state index contributed by atoms with van der Waals surface area (Å²) in [6.07, 6.45) is -1.16. The molecule has 0 saturated carbocycles. The van der Waals surface area contributed by atoms with Crippen LogP contribution < -0.4 is 0 Å². The van der Waals surface area contributed by atoms with Crippen molar-refractivity contribution in [3.63, 3.8) is 0 Å². The number of carbonyl (C=O) groups is 3. The third-order valence-corrected chi connectivity index (χ3v) is 17.1. The molecule has 5 saturated heterocycles. The molecule has 20 nitrogen and oxygen atoms in total. The summed E-state index contributed by atoms with van der Waals surface area (Å²) in [4.78, 5) is 40.4. The topological polar surface area (TPSA) is 274 Å².